The van der Waals surface area contributed by atoms with Gasteiger partial charge in [0, 0.05) is 16.7 Å². The Balaban J connectivity index is 2.27. The molecule has 0 unspecified atom stereocenters. The van der Waals surface area contributed by atoms with Crippen LogP contribution in [0.3, 0.4) is 0 Å². The molecule has 3 aromatic rings. The highest BCUT2D eigenvalue weighted by Crippen LogP contribution is 2.38. The Hall–Kier alpha value is -2.42. The summed E-state index contributed by atoms with van der Waals surface area (Å²) in [6, 6.07) is 13.0. The lowest BCUT2D eigenvalue weighted by molar-refractivity contribution is 0.104. The first-order chi connectivity index (χ1) is 8.36. The molecule has 0 atom stereocenters. The minimum Gasteiger partial charge on any atom is -0.355 e. The first kappa shape index (κ1) is 8.70. The third-order valence-corrected chi connectivity index (χ3v) is 3.17. The van der Waals surface area contributed by atoms with Gasteiger partial charge in [-0.2, -0.15) is 0 Å². The lowest BCUT2D eigenvalue weighted by Crippen LogP contribution is -2.08. The number of carbonyl (C=O) groups is 1. The van der Waals surface area contributed by atoms with Crippen LogP contribution >= 0.6 is 0 Å². The molecule has 0 radical (unpaired) electrons. The van der Waals surface area contributed by atoms with Crippen molar-refractivity contribution >= 4 is 16.7 Å². The molecule has 0 saturated carbocycles. The highest BCUT2D eigenvalue weighted by molar-refractivity contribution is 6.24. The fourth-order valence-electron chi connectivity index (χ4n) is 2.39. The Bertz CT molecular complexity index is 771. The van der Waals surface area contributed by atoms with E-state index in [9.17, 15) is 4.79 Å². The predicted molar refractivity (Wildman–Crippen MR) is 62.9 cm³/mol. The van der Waals surface area contributed by atoms with E-state index in [2.05, 4.69) is 5.16 Å². The predicted octanol–water partition coefficient (Wildman–Crippen LogP) is 3.04. The maximum absolute atomic E-state index is 12.3. The standard InChI is InChI=1S/C14H7NO2/c16-13-8-4-1-2-5-9(8)14-12-10(13)6-3-7-11(12)15-17-14/h1-7H. The number of aromatic nitrogens is 1. The molecule has 0 amide bonds. The van der Waals surface area contributed by atoms with Gasteiger partial charge >= 0.3 is 0 Å². The molecule has 2 aromatic carbocycles. The van der Waals surface area contributed by atoms with E-state index in [1.807, 2.05) is 42.5 Å². The van der Waals surface area contributed by atoms with Crippen molar-refractivity contribution in [3.63, 3.8) is 0 Å². The van der Waals surface area contributed by atoms with Crippen molar-refractivity contribution < 1.29 is 9.32 Å². The van der Waals surface area contributed by atoms with Gasteiger partial charge in [-0.15, -0.1) is 0 Å². The number of fused-ring (bicyclic) bond motifs is 2. The van der Waals surface area contributed by atoms with E-state index in [0.717, 1.165) is 16.5 Å². The number of rotatable bonds is 0. The minimum atomic E-state index is 0.0434. The molecular formula is C14H7NO2. The Morgan fingerprint density at radius 1 is 0.882 bits per heavy atom. The summed E-state index contributed by atoms with van der Waals surface area (Å²) < 4.78 is 5.37. The van der Waals surface area contributed by atoms with E-state index in [0.29, 0.717) is 16.9 Å². The average molecular weight is 221 g/mol. The summed E-state index contributed by atoms with van der Waals surface area (Å²) in [5, 5.41) is 4.83. The van der Waals surface area contributed by atoms with Crippen molar-refractivity contribution in [3.8, 4) is 11.3 Å². The number of nitrogens with zero attached hydrogens (tertiary/aromatic N) is 1. The van der Waals surface area contributed by atoms with Gasteiger partial charge in [-0.05, 0) is 6.07 Å². The van der Waals surface area contributed by atoms with Crippen molar-refractivity contribution in [1.82, 2.24) is 5.16 Å². The molecular weight excluding hydrogens is 214 g/mol. The molecule has 0 fully saturated rings. The lowest BCUT2D eigenvalue weighted by atomic mass is 9.88. The summed E-state index contributed by atoms with van der Waals surface area (Å²) in [5.41, 5.74) is 2.93. The normalized spacial score (nSPS) is 12.8. The lowest BCUT2D eigenvalue weighted by Gasteiger charge is -2.12. The fraction of sp³-hybridized carbons (Fsp3) is 0. The quantitative estimate of drug-likeness (QED) is 0.458. The van der Waals surface area contributed by atoms with E-state index in [-0.39, 0.29) is 5.78 Å². The molecule has 1 aromatic heterocycles. The van der Waals surface area contributed by atoms with Crippen LogP contribution < -0.4 is 0 Å². The summed E-state index contributed by atoms with van der Waals surface area (Å²) >= 11 is 0. The summed E-state index contributed by atoms with van der Waals surface area (Å²) in [7, 11) is 0. The molecule has 0 N–H and O–H groups in total. The molecule has 80 valence electrons. The third kappa shape index (κ3) is 0.959. The minimum absolute atomic E-state index is 0.0434. The number of hydrogen-bond acceptors (Lipinski definition) is 3. The van der Waals surface area contributed by atoms with Gasteiger partial charge in [0.2, 0.25) is 0 Å². The van der Waals surface area contributed by atoms with E-state index in [1.54, 1.807) is 0 Å². The van der Waals surface area contributed by atoms with Gasteiger partial charge in [-0.25, -0.2) is 0 Å². The first-order valence-corrected chi connectivity index (χ1v) is 5.39. The Morgan fingerprint density at radius 2 is 1.65 bits per heavy atom. The summed E-state index contributed by atoms with van der Waals surface area (Å²) in [6.07, 6.45) is 0. The zero-order valence-electron chi connectivity index (χ0n) is 8.81. The number of carbonyl (C=O) groups excluding carboxylic acids is 1. The maximum atomic E-state index is 12.3. The largest absolute Gasteiger partial charge is 0.355 e. The number of hydrogen-bond donors (Lipinski definition) is 0. The van der Waals surface area contributed by atoms with Crippen molar-refractivity contribution in [2.75, 3.05) is 0 Å². The van der Waals surface area contributed by atoms with Crippen LogP contribution in [0.15, 0.2) is 47.0 Å². The Morgan fingerprint density at radius 3 is 2.53 bits per heavy atom. The van der Waals surface area contributed by atoms with E-state index in [1.165, 1.54) is 0 Å². The zero-order valence-corrected chi connectivity index (χ0v) is 8.81. The number of ketones is 1. The van der Waals surface area contributed by atoms with Gasteiger partial charge in [-0.1, -0.05) is 41.6 Å². The van der Waals surface area contributed by atoms with Crippen molar-refractivity contribution in [3.05, 3.63) is 53.6 Å². The molecule has 17 heavy (non-hydrogen) atoms. The van der Waals surface area contributed by atoms with Crippen LogP contribution in [0.2, 0.25) is 0 Å². The number of benzene rings is 2. The second-order valence-corrected chi connectivity index (χ2v) is 4.09. The molecule has 1 aliphatic carbocycles. The zero-order chi connectivity index (χ0) is 11.4. The van der Waals surface area contributed by atoms with Crippen molar-refractivity contribution in [1.29, 1.82) is 0 Å². The molecule has 0 bridgehead atoms. The second-order valence-electron chi connectivity index (χ2n) is 4.09. The van der Waals surface area contributed by atoms with E-state index < -0.39 is 0 Å². The Labute approximate surface area is 96.7 Å². The monoisotopic (exact) mass is 221 g/mol. The maximum Gasteiger partial charge on any atom is 0.194 e. The van der Waals surface area contributed by atoms with Crippen LogP contribution in [0, 0.1) is 0 Å². The van der Waals surface area contributed by atoms with Crippen LogP contribution in [0.5, 0.6) is 0 Å². The molecule has 1 aliphatic rings. The summed E-state index contributed by atoms with van der Waals surface area (Å²) in [5.74, 6) is 0.743. The second kappa shape index (κ2) is 2.83. The molecule has 4 rings (SSSR count). The van der Waals surface area contributed by atoms with E-state index >= 15 is 0 Å². The molecule has 1 heterocycles. The van der Waals surface area contributed by atoms with Gasteiger partial charge in [0.15, 0.2) is 11.5 Å². The molecule has 0 aliphatic heterocycles. The van der Waals surface area contributed by atoms with Crippen LogP contribution in [-0.2, 0) is 0 Å². The van der Waals surface area contributed by atoms with Crippen molar-refractivity contribution in [2.45, 2.75) is 0 Å². The topological polar surface area (TPSA) is 43.1 Å². The van der Waals surface area contributed by atoms with Gasteiger partial charge in [0.25, 0.3) is 0 Å². The third-order valence-electron chi connectivity index (χ3n) is 3.17. The average Bonchev–Trinajstić information content (AvgIpc) is 2.81. The first-order valence-electron chi connectivity index (χ1n) is 5.39. The summed E-state index contributed by atoms with van der Waals surface area (Å²) in [4.78, 5) is 12.3. The highest BCUT2D eigenvalue weighted by Gasteiger charge is 2.28. The Kier molecular flexibility index (Phi) is 1.45. The van der Waals surface area contributed by atoms with Gasteiger partial charge in [0.05, 0.1) is 5.39 Å². The van der Waals surface area contributed by atoms with Gasteiger partial charge < -0.3 is 4.52 Å². The van der Waals surface area contributed by atoms with Crippen LogP contribution in [0.25, 0.3) is 22.2 Å². The van der Waals surface area contributed by atoms with Crippen LogP contribution in [0.4, 0.5) is 0 Å². The fourth-order valence-corrected chi connectivity index (χ4v) is 2.39. The SMILES string of the molecule is O=C1c2ccccc2-c2onc3cccc1c23. The van der Waals surface area contributed by atoms with Crippen LogP contribution in [0.1, 0.15) is 15.9 Å². The molecule has 3 nitrogen and oxygen atoms in total. The molecule has 0 saturated heterocycles. The highest BCUT2D eigenvalue weighted by atomic mass is 16.5. The summed E-state index contributed by atoms with van der Waals surface area (Å²) in [6.45, 7) is 0. The van der Waals surface area contributed by atoms with E-state index in [4.69, 9.17) is 4.52 Å². The molecule has 3 heteroatoms. The van der Waals surface area contributed by atoms with Gasteiger partial charge in [0.1, 0.15) is 5.52 Å². The van der Waals surface area contributed by atoms with Crippen LogP contribution in [-0.4, -0.2) is 10.9 Å². The van der Waals surface area contributed by atoms with Crippen molar-refractivity contribution in [2.24, 2.45) is 0 Å². The smallest absolute Gasteiger partial charge is 0.194 e. The van der Waals surface area contributed by atoms with Gasteiger partial charge in [-0.3, -0.25) is 4.79 Å². The molecule has 0 spiro atoms.